The molecule has 21 heavy (non-hydrogen) atoms. The lowest BCUT2D eigenvalue weighted by molar-refractivity contribution is -0.137. The summed E-state index contributed by atoms with van der Waals surface area (Å²) in [4.78, 5) is 10.5. The molecule has 110 valence electrons. The van der Waals surface area contributed by atoms with Gasteiger partial charge in [0.05, 0.1) is 6.10 Å². The standard InChI is InChI=1S/C16H14ClFO3/c17-12-5-6-13(14(18)9-12)10-1-3-11(4-2-10)15(19)7-8-16(20)21/h1-6,9,15,19H,7-8H2,(H,20,21). The van der Waals surface area contributed by atoms with Crippen molar-refractivity contribution < 1.29 is 19.4 Å². The summed E-state index contributed by atoms with van der Waals surface area (Å²) >= 11 is 5.71. The molecule has 0 saturated heterocycles. The molecule has 0 aliphatic carbocycles. The predicted molar refractivity (Wildman–Crippen MR) is 78.7 cm³/mol. The molecule has 0 saturated carbocycles. The van der Waals surface area contributed by atoms with Gasteiger partial charge in [0.15, 0.2) is 0 Å². The molecule has 0 aliphatic heterocycles. The number of carboxylic acid groups (broad SMARTS) is 1. The minimum atomic E-state index is -0.950. The van der Waals surface area contributed by atoms with Gasteiger partial charge in [-0.05, 0) is 35.7 Å². The fourth-order valence-electron chi connectivity index (χ4n) is 2.04. The van der Waals surface area contributed by atoms with Crippen molar-refractivity contribution in [3.63, 3.8) is 0 Å². The van der Waals surface area contributed by atoms with Crippen LogP contribution in [-0.2, 0) is 4.79 Å². The first kappa shape index (κ1) is 15.5. The third kappa shape index (κ3) is 4.03. The van der Waals surface area contributed by atoms with Crippen LogP contribution >= 0.6 is 11.6 Å². The lowest BCUT2D eigenvalue weighted by Crippen LogP contribution is -2.02. The Labute approximate surface area is 126 Å². The molecular weight excluding hydrogens is 295 g/mol. The summed E-state index contributed by atoms with van der Waals surface area (Å²) in [6.07, 6.45) is -0.802. The monoisotopic (exact) mass is 308 g/mol. The van der Waals surface area contributed by atoms with E-state index in [-0.39, 0.29) is 12.8 Å². The van der Waals surface area contributed by atoms with E-state index in [1.807, 2.05) is 0 Å². The molecule has 1 unspecified atom stereocenters. The van der Waals surface area contributed by atoms with Crippen LogP contribution in [0.3, 0.4) is 0 Å². The predicted octanol–water partition coefficient (Wildman–Crippen LogP) is 4.04. The normalized spacial score (nSPS) is 12.1. The molecule has 0 heterocycles. The molecule has 0 radical (unpaired) electrons. The highest BCUT2D eigenvalue weighted by molar-refractivity contribution is 6.30. The van der Waals surface area contributed by atoms with Gasteiger partial charge in [0, 0.05) is 17.0 Å². The number of carbonyl (C=O) groups is 1. The van der Waals surface area contributed by atoms with Gasteiger partial charge < -0.3 is 10.2 Å². The number of halogens is 2. The smallest absolute Gasteiger partial charge is 0.303 e. The molecule has 2 aromatic rings. The number of aliphatic hydroxyl groups excluding tert-OH is 1. The van der Waals surface area contributed by atoms with E-state index in [1.54, 1.807) is 36.4 Å². The summed E-state index contributed by atoms with van der Waals surface area (Å²) < 4.78 is 13.8. The van der Waals surface area contributed by atoms with Crippen LogP contribution in [0.1, 0.15) is 24.5 Å². The van der Waals surface area contributed by atoms with Crippen molar-refractivity contribution in [2.45, 2.75) is 18.9 Å². The maximum Gasteiger partial charge on any atom is 0.303 e. The second kappa shape index (κ2) is 6.70. The Morgan fingerprint density at radius 2 is 1.86 bits per heavy atom. The summed E-state index contributed by atoms with van der Waals surface area (Å²) in [6, 6.07) is 11.1. The van der Waals surface area contributed by atoms with Crippen molar-refractivity contribution in [3.05, 3.63) is 58.9 Å². The molecule has 1 atom stereocenters. The van der Waals surface area contributed by atoms with Crippen LogP contribution in [0, 0.1) is 5.82 Å². The average Bonchev–Trinajstić information content (AvgIpc) is 2.45. The number of benzene rings is 2. The third-order valence-corrected chi connectivity index (χ3v) is 3.40. The van der Waals surface area contributed by atoms with E-state index < -0.39 is 17.9 Å². The molecule has 2 aromatic carbocycles. The number of hydrogen-bond acceptors (Lipinski definition) is 2. The van der Waals surface area contributed by atoms with E-state index in [0.29, 0.717) is 21.7 Å². The first-order valence-electron chi connectivity index (χ1n) is 6.42. The van der Waals surface area contributed by atoms with Gasteiger partial charge in [-0.25, -0.2) is 4.39 Å². The Balaban J connectivity index is 2.16. The zero-order chi connectivity index (χ0) is 15.4. The van der Waals surface area contributed by atoms with Gasteiger partial charge in [-0.3, -0.25) is 4.79 Å². The van der Waals surface area contributed by atoms with Gasteiger partial charge in [-0.2, -0.15) is 0 Å². The fraction of sp³-hybridized carbons (Fsp3) is 0.188. The largest absolute Gasteiger partial charge is 0.481 e. The van der Waals surface area contributed by atoms with Crippen molar-refractivity contribution in [2.24, 2.45) is 0 Å². The van der Waals surface area contributed by atoms with E-state index in [0.717, 1.165) is 0 Å². The summed E-state index contributed by atoms with van der Waals surface area (Å²) in [6.45, 7) is 0. The molecule has 0 bridgehead atoms. The SMILES string of the molecule is O=C(O)CCC(O)c1ccc(-c2ccc(Cl)cc2F)cc1. The molecule has 0 aromatic heterocycles. The lowest BCUT2D eigenvalue weighted by Gasteiger charge is -2.11. The Morgan fingerprint density at radius 3 is 2.43 bits per heavy atom. The van der Waals surface area contributed by atoms with Gasteiger partial charge in [0.1, 0.15) is 5.82 Å². The first-order valence-corrected chi connectivity index (χ1v) is 6.80. The maximum absolute atomic E-state index is 13.8. The van der Waals surface area contributed by atoms with Crippen LogP contribution in [-0.4, -0.2) is 16.2 Å². The van der Waals surface area contributed by atoms with E-state index >= 15 is 0 Å². The highest BCUT2D eigenvalue weighted by Gasteiger charge is 2.11. The number of aliphatic carboxylic acids is 1. The van der Waals surface area contributed by atoms with Crippen molar-refractivity contribution in [1.29, 1.82) is 0 Å². The second-order valence-corrected chi connectivity index (χ2v) is 5.13. The Bertz CT molecular complexity index is 640. The minimum Gasteiger partial charge on any atom is -0.481 e. The van der Waals surface area contributed by atoms with Gasteiger partial charge >= 0.3 is 5.97 Å². The van der Waals surface area contributed by atoms with Crippen LogP contribution in [0.4, 0.5) is 4.39 Å². The van der Waals surface area contributed by atoms with E-state index in [1.165, 1.54) is 6.07 Å². The molecule has 2 N–H and O–H groups in total. The van der Waals surface area contributed by atoms with E-state index in [9.17, 15) is 14.3 Å². The summed E-state index contributed by atoms with van der Waals surface area (Å²) in [5.41, 5.74) is 1.69. The van der Waals surface area contributed by atoms with E-state index in [2.05, 4.69) is 0 Å². The molecular formula is C16H14ClFO3. The van der Waals surface area contributed by atoms with Gasteiger partial charge in [0.2, 0.25) is 0 Å². The van der Waals surface area contributed by atoms with Crippen molar-refractivity contribution in [3.8, 4) is 11.1 Å². The van der Waals surface area contributed by atoms with Crippen LogP contribution in [0.2, 0.25) is 5.02 Å². The Kier molecular flexibility index (Phi) is 4.94. The Morgan fingerprint density at radius 1 is 1.19 bits per heavy atom. The summed E-state index contributed by atoms with van der Waals surface area (Å²) in [7, 11) is 0. The molecule has 5 heteroatoms. The summed E-state index contributed by atoms with van der Waals surface area (Å²) in [5, 5.41) is 18.8. The van der Waals surface area contributed by atoms with Crippen molar-refractivity contribution >= 4 is 17.6 Å². The molecule has 2 rings (SSSR count). The molecule has 3 nitrogen and oxygen atoms in total. The van der Waals surface area contributed by atoms with Crippen molar-refractivity contribution in [2.75, 3.05) is 0 Å². The number of carboxylic acids is 1. The molecule has 0 spiro atoms. The number of aliphatic hydroxyl groups is 1. The second-order valence-electron chi connectivity index (χ2n) is 4.69. The van der Waals surface area contributed by atoms with Crippen LogP contribution in [0.25, 0.3) is 11.1 Å². The quantitative estimate of drug-likeness (QED) is 0.876. The zero-order valence-corrected chi connectivity index (χ0v) is 11.8. The number of hydrogen-bond donors (Lipinski definition) is 2. The van der Waals surface area contributed by atoms with E-state index in [4.69, 9.17) is 16.7 Å². The fourth-order valence-corrected chi connectivity index (χ4v) is 2.19. The maximum atomic E-state index is 13.8. The third-order valence-electron chi connectivity index (χ3n) is 3.17. The topological polar surface area (TPSA) is 57.5 Å². The highest BCUT2D eigenvalue weighted by Crippen LogP contribution is 2.27. The first-order chi connectivity index (χ1) is 9.97. The molecule has 0 amide bonds. The van der Waals surface area contributed by atoms with Gasteiger partial charge in [0.25, 0.3) is 0 Å². The average molecular weight is 309 g/mol. The zero-order valence-electron chi connectivity index (χ0n) is 11.1. The van der Waals surface area contributed by atoms with Gasteiger partial charge in [-0.15, -0.1) is 0 Å². The van der Waals surface area contributed by atoms with Crippen LogP contribution < -0.4 is 0 Å². The van der Waals surface area contributed by atoms with Crippen LogP contribution in [0.5, 0.6) is 0 Å². The minimum absolute atomic E-state index is 0.102. The Hall–Kier alpha value is -1.91. The van der Waals surface area contributed by atoms with Crippen LogP contribution in [0.15, 0.2) is 42.5 Å². The highest BCUT2D eigenvalue weighted by atomic mass is 35.5. The molecule has 0 fully saturated rings. The van der Waals surface area contributed by atoms with Crippen molar-refractivity contribution in [1.82, 2.24) is 0 Å². The molecule has 0 aliphatic rings. The lowest BCUT2D eigenvalue weighted by atomic mass is 9.99. The van der Waals surface area contributed by atoms with Gasteiger partial charge in [-0.1, -0.05) is 35.9 Å². The number of rotatable bonds is 5. The summed E-state index contributed by atoms with van der Waals surface area (Å²) in [5.74, 6) is -1.37.